The number of nitrogens with one attached hydrogen (secondary N) is 1. The van der Waals surface area contributed by atoms with E-state index < -0.39 is 0 Å². The minimum absolute atomic E-state index is 0.121. The van der Waals surface area contributed by atoms with Gasteiger partial charge in [-0.2, -0.15) is 4.52 Å². The van der Waals surface area contributed by atoms with E-state index in [0.717, 1.165) is 4.90 Å². The lowest BCUT2D eigenvalue weighted by molar-refractivity contribution is -0.116. The molecule has 0 atom stereocenters. The van der Waals surface area contributed by atoms with Crippen LogP contribution in [0.5, 0.6) is 0 Å². The number of aromatic nitrogens is 4. The first-order chi connectivity index (χ1) is 12.7. The summed E-state index contributed by atoms with van der Waals surface area (Å²) in [7, 11) is 0. The zero-order valence-electron chi connectivity index (χ0n) is 13.9. The summed E-state index contributed by atoms with van der Waals surface area (Å²) in [6.07, 6.45) is 3.45. The van der Waals surface area contributed by atoms with Crippen LogP contribution < -0.4 is 10.9 Å². The van der Waals surface area contributed by atoms with Crippen molar-refractivity contribution >= 4 is 39.9 Å². The monoisotopic (exact) mass is 365 g/mol. The quantitative estimate of drug-likeness (QED) is 0.562. The summed E-state index contributed by atoms with van der Waals surface area (Å²) < 4.78 is 2.95. The van der Waals surface area contributed by atoms with Gasteiger partial charge in [0.1, 0.15) is 6.54 Å². The van der Waals surface area contributed by atoms with Crippen LogP contribution in [0.15, 0.2) is 64.4 Å². The van der Waals surface area contributed by atoms with Gasteiger partial charge in [-0.15, -0.1) is 16.9 Å². The van der Waals surface area contributed by atoms with E-state index in [2.05, 4.69) is 15.6 Å². The lowest BCUT2D eigenvalue weighted by Crippen LogP contribution is -2.29. The molecule has 26 heavy (non-hydrogen) atoms. The molecular formula is C18H15N5O2S. The highest BCUT2D eigenvalue weighted by Gasteiger charge is 2.14. The molecule has 0 bridgehead atoms. The van der Waals surface area contributed by atoms with Crippen molar-refractivity contribution in [3.05, 3.63) is 65.1 Å². The van der Waals surface area contributed by atoms with E-state index in [1.165, 1.54) is 10.8 Å². The Hall–Kier alpha value is -3.13. The van der Waals surface area contributed by atoms with Crippen molar-refractivity contribution in [2.45, 2.75) is 11.4 Å². The summed E-state index contributed by atoms with van der Waals surface area (Å²) >= 11 is 1.59. The third-order valence-electron chi connectivity index (χ3n) is 4.07. The van der Waals surface area contributed by atoms with E-state index in [9.17, 15) is 9.59 Å². The zero-order valence-corrected chi connectivity index (χ0v) is 14.7. The van der Waals surface area contributed by atoms with Crippen LogP contribution in [-0.4, -0.2) is 31.6 Å². The molecule has 8 heteroatoms. The predicted octanol–water partition coefficient (Wildman–Crippen LogP) is 2.40. The summed E-state index contributed by atoms with van der Waals surface area (Å²) in [5, 5.41) is 11.2. The minimum Gasteiger partial charge on any atom is -0.324 e. The molecule has 0 aliphatic heterocycles. The number of thioether (sulfide) groups is 1. The number of hydrogen-bond acceptors (Lipinski definition) is 5. The maximum absolute atomic E-state index is 12.8. The Morgan fingerprint density at radius 2 is 2.04 bits per heavy atom. The molecule has 0 aliphatic carbocycles. The SMILES string of the molecule is CSc1cccc(NC(=O)Cn2c(=O)c3ccccc3n3nncc23)c1. The fourth-order valence-corrected chi connectivity index (χ4v) is 3.33. The van der Waals surface area contributed by atoms with Crippen molar-refractivity contribution in [2.24, 2.45) is 0 Å². The fraction of sp³-hybridized carbons (Fsp3) is 0.111. The third-order valence-corrected chi connectivity index (χ3v) is 4.80. The average Bonchev–Trinajstić information content (AvgIpc) is 3.15. The van der Waals surface area contributed by atoms with E-state index in [0.29, 0.717) is 22.2 Å². The molecule has 1 amide bonds. The molecule has 2 aromatic heterocycles. The van der Waals surface area contributed by atoms with Crippen LogP contribution in [0, 0.1) is 0 Å². The van der Waals surface area contributed by atoms with Gasteiger partial charge < -0.3 is 5.32 Å². The molecule has 1 N–H and O–H groups in total. The molecular weight excluding hydrogens is 350 g/mol. The van der Waals surface area contributed by atoms with Crippen molar-refractivity contribution in [1.82, 2.24) is 19.4 Å². The third kappa shape index (κ3) is 2.84. The molecule has 2 aromatic carbocycles. The first-order valence-electron chi connectivity index (χ1n) is 7.93. The summed E-state index contributed by atoms with van der Waals surface area (Å²) in [6.45, 7) is -0.121. The highest BCUT2D eigenvalue weighted by Crippen LogP contribution is 2.19. The Kier molecular flexibility index (Phi) is 4.18. The van der Waals surface area contributed by atoms with Crippen molar-refractivity contribution in [2.75, 3.05) is 11.6 Å². The Morgan fingerprint density at radius 3 is 2.88 bits per heavy atom. The molecule has 0 radical (unpaired) electrons. The molecule has 2 heterocycles. The molecule has 7 nitrogen and oxygen atoms in total. The first-order valence-corrected chi connectivity index (χ1v) is 9.16. The number of anilines is 1. The number of hydrogen-bond donors (Lipinski definition) is 1. The second kappa shape index (κ2) is 6.64. The maximum Gasteiger partial charge on any atom is 0.262 e. The number of nitrogens with zero attached hydrogens (tertiary/aromatic N) is 4. The maximum atomic E-state index is 12.8. The van der Waals surface area contributed by atoms with Gasteiger partial charge in [0.05, 0.1) is 17.1 Å². The average molecular weight is 365 g/mol. The van der Waals surface area contributed by atoms with Crippen LogP contribution in [0.3, 0.4) is 0 Å². The predicted molar refractivity (Wildman–Crippen MR) is 102 cm³/mol. The van der Waals surface area contributed by atoms with Gasteiger partial charge in [0.15, 0.2) is 5.65 Å². The number of benzene rings is 2. The number of para-hydroxylation sites is 1. The minimum atomic E-state index is -0.288. The van der Waals surface area contributed by atoms with Crippen LogP contribution in [0.2, 0.25) is 0 Å². The van der Waals surface area contributed by atoms with Crippen molar-refractivity contribution in [1.29, 1.82) is 0 Å². The summed E-state index contributed by atoms with van der Waals surface area (Å²) in [5.41, 5.74) is 1.58. The molecule has 0 saturated carbocycles. The highest BCUT2D eigenvalue weighted by molar-refractivity contribution is 7.98. The summed E-state index contributed by atoms with van der Waals surface area (Å²) in [5.74, 6) is -0.288. The molecule has 0 aliphatic rings. The van der Waals surface area contributed by atoms with Gasteiger partial charge in [-0.3, -0.25) is 14.2 Å². The number of amides is 1. The molecule has 4 aromatic rings. The zero-order chi connectivity index (χ0) is 18.1. The fourth-order valence-electron chi connectivity index (χ4n) is 2.87. The number of fused-ring (bicyclic) bond motifs is 3. The van der Waals surface area contributed by atoms with E-state index in [1.807, 2.05) is 36.6 Å². The van der Waals surface area contributed by atoms with Crippen LogP contribution in [0.25, 0.3) is 16.6 Å². The molecule has 130 valence electrons. The van der Waals surface area contributed by atoms with Crippen molar-refractivity contribution in [3.63, 3.8) is 0 Å². The Bertz CT molecular complexity index is 1180. The van der Waals surface area contributed by atoms with Gasteiger partial charge in [0.25, 0.3) is 5.56 Å². The largest absolute Gasteiger partial charge is 0.324 e. The Balaban J connectivity index is 1.72. The summed E-state index contributed by atoms with van der Waals surface area (Å²) in [6, 6.07) is 14.7. The molecule has 0 unspecified atom stereocenters. The van der Waals surface area contributed by atoms with E-state index in [-0.39, 0.29) is 18.0 Å². The van der Waals surface area contributed by atoms with E-state index >= 15 is 0 Å². The van der Waals surface area contributed by atoms with Crippen LogP contribution >= 0.6 is 11.8 Å². The first kappa shape index (κ1) is 16.3. The van der Waals surface area contributed by atoms with Gasteiger partial charge >= 0.3 is 0 Å². The lowest BCUT2D eigenvalue weighted by atomic mass is 10.2. The number of carbonyl (C=O) groups excluding carboxylic acids is 1. The highest BCUT2D eigenvalue weighted by atomic mass is 32.2. The van der Waals surface area contributed by atoms with Crippen molar-refractivity contribution in [3.8, 4) is 0 Å². The molecule has 0 spiro atoms. The second-order valence-electron chi connectivity index (χ2n) is 5.69. The van der Waals surface area contributed by atoms with Crippen LogP contribution in [0.4, 0.5) is 5.69 Å². The van der Waals surface area contributed by atoms with Crippen molar-refractivity contribution < 1.29 is 4.79 Å². The van der Waals surface area contributed by atoms with Gasteiger partial charge in [0.2, 0.25) is 5.91 Å². The molecule has 0 saturated heterocycles. The Labute approximate surface area is 152 Å². The molecule has 4 rings (SSSR count). The van der Waals surface area contributed by atoms with Gasteiger partial charge in [-0.05, 0) is 36.6 Å². The van der Waals surface area contributed by atoms with Crippen LogP contribution in [-0.2, 0) is 11.3 Å². The Morgan fingerprint density at radius 1 is 1.19 bits per heavy atom. The van der Waals surface area contributed by atoms with E-state index in [4.69, 9.17) is 0 Å². The number of rotatable bonds is 4. The van der Waals surface area contributed by atoms with Gasteiger partial charge in [-0.1, -0.05) is 23.4 Å². The smallest absolute Gasteiger partial charge is 0.262 e. The topological polar surface area (TPSA) is 81.3 Å². The summed E-state index contributed by atoms with van der Waals surface area (Å²) in [4.78, 5) is 26.4. The van der Waals surface area contributed by atoms with Crippen LogP contribution in [0.1, 0.15) is 0 Å². The van der Waals surface area contributed by atoms with E-state index in [1.54, 1.807) is 34.5 Å². The molecule has 0 fully saturated rings. The number of carbonyl (C=O) groups is 1. The second-order valence-corrected chi connectivity index (χ2v) is 6.57. The normalized spacial score (nSPS) is 11.1. The standard InChI is InChI=1S/C18H15N5O2S/c1-26-13-6-4-5-12(9-13)20-16(24)11-22-17-10-19-21-23(17)15-8-3-2-7-14(15)18(22)25/h2-10H,11H2,1H3,(H,20,24). The van der Waals surface area contributed by atoms with Gasteiger partial charge in [0, 0.05) is 10.6 Å². The lowest BCUT2D eigenvalue weighted by Gasteiger charge is -2.11. The van der Waals surface area contributed by atoms with Gasteiger partial charge in [-0.25, -0.2) is 0 Å².